The minimum Gasteiger partial charge on any atom is -0.451 e. The van der Waals surface area contributed by atoms with E-state index in [1.165, 1.54) is 30.3 Å². The molecule has 1 amide bonds. The molecular formula is C19H17FN2O4S. The zero-order valence-electron chi connectivity index (χ0n) is 14.3. The number of carbonyl (C=O) groups excluding carboxylic acids is 1. The van der Waals surface area contributed by atoms with E-state index in [1.807, 2.05) is 0 Å². The molecule has 0 aliphatic carbocycles. The lowest BCUT2D eigenvalue weighted by molar-refractivity contribution is 0.0912. The smallest absolute Gasteiger partial charge is 0.287 e. The summed E-state index contributed by atoms with van der Waals surface area (Å²) in [5, 5.41) is 7.81. The molecule has 6 nitrogen and oxygen atoms in total. The van der Waals surface area contributed by atoms with E-state index in [-0.39, 0.29) is 22.0 Å². The number of primary sulfonamides is 1. The lowest BCUT2D eigenvalue weighted by Crippen LogP contribution is -2.26. The van der Waals surface area contributed by atoms with Crippen LogP contribution in [0.4, 0.5) is 4.39 Å². The molecule has 2 aromatic carbocycles. The molecule has 3 rings (SSSR count). The first kappa shape index (κ1) is 18.8. The van der Waals surface area contributed by atoms with E-state index in [2.05, 4.69) is 5.32 Å². The summed E-state index contributed by atoms with van der Waals surface area (Å²) in [5.41, 5.74) is 0.958. The number of furan rings is 1. The third kappa shape index (κ3) is 4.24. The van der Waals surface area contributed by atoms with Crippen molar-refractivity contribution in [2.24, 2.45) is 5.14 Å². The van der Waals surface area contributed by atoms with Gasteiger partial charge in [0.1, 0.15) is 11.6 Å². The monoisotopic (exact) mass is 388 g/mol. The number of halogens is 1. The topological polar surface area (TPSA) is 102 Å². The Balaban J connectivity index is 1.73. The Morgan fingerprint density at radius 3 is 2.37 bits per heavy atom. The fraction of sp³-hybridized carbons (Fsp3) is 0.105. The van der Waals surface area contributed by atoms with Crippen molar-refractivity contribution in [1.82, 2.24) is 5.32 Å². The first-order valence-corrected chi connectivity index (χ1v) is 9.58. The molecule has 0 saturated heterocycles. The molecule has 0 spiro atoms. The van der Waals surface area contributed by atoms with Crippen LogP contribution in [0.25, 0.3) is 11.3 Å². The van der Waals surface area contributed by atoms with E-state index < -0.39 is 27.8 Å². The fourth-order valence-corrected chi connectivity index (χ4v) is 3.08. The maximum absolute atomic E-state index is 13.8. The maximum atomic E-state index is 13.8. The minimum atomic E-state index is -3.77. The van der Waals surface area contributed by atoms with Crippen molar-refractivity contribution >= 4 is 15.9 Å². The van der Waals surface area contributed by atoms with Gasteiger partial charge in [0.2, 0.25) is 10.0 Å². The number of amides is 1. The molecule has 3 N–H and O–H groups in total. The van der Waals surface area contributed by atoms with Gasteiger partial charge in [-0.1, -0.05) is 24.3 Å². The molecule has 0 radical (unpaired) electrons. The second-order valence-corrected chi connectivity index (χ2v) is 7.51. The Hall–Kier alpha value is -2.97. The molecule has 0 aliphatic rings. The van der Waals surface area contributed by atoms with E-state index in [0.29, 0.717) is 5.56 Å². The number of hydrogen-bond donors (Lipinski definition) is 2. The molecule has 1 heterocycles. The fourth-order valence-electron chi connectivity index (χ4n) is 2.56. The highest BCUT2D eigenvalue weighted by molar-refractivity contribution is 7.89. The molecule has 1 atom stereocenters. The Bertz CT molecular complexity index is 1080. The Morgan fingerprint density at radius 2 is 1.74 bits per heavy atom. The first-order chi connectivity index (χ1) is 12.8. The third-order valence-electron chi connectivity index (χ3n) is 4.03. The van der Waals surface area contributed by atoms with Gasteiger partial charge < -0.3 is 9.73 Å². The van der Waals surface area contributed by atoms with Crippen molar-refractivity contribution in [2.75, 3.05) is 0 Å². The van der Waals surface area contributed by atoms with Gasteiger partial charge in [0.15, 0.2) is 5.76 Å². The number of carbonyl (C=O) groups is 1. The number of hydrogen-bond acceptors (Lipinski definition) is 4. The lowest BCUT2D eigenvalue weighted by atomic mass is 10.1. The van der Waals surface area contributed by atoms with Gasteiger partial charge in [0.25, 0.3) is 5.91 Å². The van der Waals surface area contributed by atoms with Gasteiger partial charge >= 0.3 is 0 Å². The summed E-state index contributed by atoms with van der Waals surface area (Å²) < 4.78 is 41.9. The molecule has 1 unspecified atom stereocenters. The Labute approximate surface area is 155 Å². The van der Waals surface area contributed by atoms with Crippen LogP contribution in [0, 0.1) is 5.82 Å². The number of nitrogens with one attached hydrogen (secondary N) is 1. The maximum Gasteiger partial charge on any atom is 0.287 e. The van der Waals surface area contributed by atoms with Gasteiger partial charge in [-0.2, -0.15) is 0 Å². The molecule has 27 heavy (non-hydrogen) atoms. The van der Waals surface area contributed by atoms with Crippen LogP contribution < -0.4 is 10.5 Å². The van der Waals surface area contributed by atoms with Crippen LogP contribution in [0.5, 0.6) is 0 Å². The molecule has 0 fully saturated rings. The van der Waals surface area contributed by atoms with Crippen LogP contribution in [0.15, 0.2) is 70.0 Å². The standard InChI is InChI=1S/C19H17FN2O4S/c1-12(13-6-8-14(9-7-13)27(21,24)25)22-19(23)18-11-10-17(26-18)15-4-2-3-5-16(15)20/h2-12H,1H3,(H,22,23)(H2,21,24,25). The highest BCUT2D eigenvalue weighted by Gasteiger charge is 2.17. The van der Waals surface area contributed by atoms with Crippen LogP contribution in [-0.4, -0.2) is 14.3 Å². The van der Waals surface area contributed by atoms with Gasteiger partial charge in [0.05, 0.1) is 16.5 Å². The quantitative estimate of drug-likeness (QED) is 0.700. The van der Waals surface area contributed by atoms with Gasteiger partial charge in [0, 0.05) is 0 Å². The molecule has 3 aromatic rings. The second-order valence-electron chi connectivity index (χ2n) is 5.95. The Morgan fingerprint density at radius 1 is 1.07 bits per heavy atom. The number of benzene rings is 2. The summed E-state index contributed by atoms with van der Waals surface area (Å²) >= 11 is 0. The van der Waals surface area contributed by atoms with Crippen LogP contribution in [-0.2, 0) is 10.0 Å². The normalized spacial score (nSPS) is 12.6. The molecule has 0 aliphatic heterocycles. The summed E-state index contributed by atoms with van der Waals surface area (Å²) in [6.45, 7) is 1.74. The lowest BCUT2D eigenvalue weighted by Gasteiger charge is -2.13. The molecule has 0 bridgehead atoms. The molecule has 140 valence electrons. The van der Waals surface area contributed by atoms with Gasteiger partial charge in [-0.15, -0.1) is 0 Å². The Kier molecular flexibility index (Phi) is 5.11. The number of rotatable bonds is 5. The van der Waals surface area contributed by atoms with Crippen molar-refractivity contribution in [1.29, 1.82) is 0 Å². The third-order valence-corrected chi connectivity index (χ3v) is 4.95. The van der Waals surface area contributed by atoms with E-state index in [0.717, 1.165) is 0 Å². The zero-order chi connectivity index (χ0) is 19.6. The summed E-state index contributed by atoms with van der Waals surface area (Å²) in [6, 6.07) is 14.6. The van der Waals surface area contributed by atoms with Crippen molar-refractivity contribution < 1.29 is 22.0 Å². The van der Waals surface area contributed by atoms with Crippen LogP contribution in [0.3, 0.4) is 0 Å². The van der Waals surface area contributed by atoms with E-state index in [9.17, 15) is 17.6 Å². The van der Waals surface area contributed by atoms with Crippen molar-refractivity contribution in [3.63, 3.8) is 0 Å². The average molecular weight is 388 g/mol. The van der Waals surface area contributed by atoms with E-state index in [4.69, 9.17) is 9.56 Å². The molecule has 1 aromatic heterocycles. The van der Waals surface area contributed by atoms with Crippen LogP contribution >= 0.6 is 0 Å². The zero-order valence-corrected chi connectivity index (χ0v) is 15.2. The predicted molar refractivity (Wildman–Crippen MR) is 97.8 cm³/mol. The summed E-state index contributed by atoms with van der Waals surface area (Å²) in [7, 11) is -3.77. The highest BCUT2D eigenvalue weighted by atomic mass is 32.2. The molecule has 8 heteroatoms. The average Bonchev–Trinajstić information content (AvgIpc) is 3.11. The highest BCUT2D eigenvalue weighted by Crippen LogP contribution is 2.25. The van der Waals surface area contributed by atoms with Crippen LogP contribution in [0.2, 0.25) is 0 Å². The number of nitrogens with two attached hydrogens (primary N) is 1. The van der Waals surface area contributed by atoms with Gasteiger partial charge in [-0.25, -0.2) is 17.9 Å². The van der Waals surface area contributed by atoms with E-state index in [1.54, 1.807) is 37.3 Å². The predicted octanol–water partition coefficient (Wildman–Crippen LogP) is 3.22. The summed E-state index contributed by atoms with van der Waals surface area (Å²) in [5.74, 6) is -0.618. The largest absolute Gasteiger partial charge is 0.451 e. The molecule has 0 saturated carbocycles. The molecular weight excluding hydrogens is 371 g/mol. The summed E-state index contributed by atoms with van der Waals surface area (Å²) in [4.78, 5) is 12.4. The van der Waals surface area contributed by atoms with Crippen molar-refractivity contribution in [3.05, 3.63) is 77.8 Å². The van der Waals surface area contributed by atoms with Gasteiger partial charge in [-0.3, -0.25) is 4.79 Å². The van der Waals surface area contributed by atoms with Crippen molar-refractivity contribution in [2.45, 2.75) is 17.9 Å². The SMILES string of the molecule is CC(NC(=O)c1ccc(-c2ccccc2F)o1)c1ccc(S(N)(=O)=O)cc1. The van der Waals surface area contributed by atoms with Crippen molar-refractivity contribution in [3.8, 4) is 11.3 Å². The summed E-state index contributed by atoms with van der Waals surface area (Å²) in [6.07, 6.45) is 0. The minimum absolute atomic E-state index is 0.00894. The first-order valence-electron chi connectivity index (χ1n) is 8.04. The van der Waals surface area contributed by atoms with E-state index >= 15 is 0 Å². The van der Waals surface area contributed by atoms with Crippen LogP contribution in [0.1, 0.15) is 29.1 Å². The van der Waals surface area contributed by atoms with Gasteiger partial charge in [-0.05, 0) is 48.9 Å². The second kappa shape index (κ2) is 7.34. The number of sulfonamides is 1.